The second-order valence-electron chi connectivity index (χ2n) is 4.51. The van der Waals surface area contributed by atoms with Gasteiger partial charge in [0.15, 0.2) is 0 Å². The van der Waals surface area contributed by atoms with Crippen LogP contribution in [-0.4, -0.2) is 17.9 Å². The molecule has 1 aliphatic heterocycles. The van der Waals surface area contributed by atoms with Gasteiger partial charge in [0.25, 0.3) is 5.69 Å². The van der Waals surface area contributed by atoms with Crippen molar-refractivity contribution in [2.75, 3.05) is 11.9 Å². The number of amides is 1. The van der Waals surface area contributed by atoms with Crippen LogP contribution in [0.5, 0.6) is 0 Å². The van der Waals surface area contributed by atoms with Gasteiger partial charge in [-0.1, -0.05) is 6.92 Å². The summed E-state index contributed by atoms with van der Waals surface area (Å²) in [5, 5.41) is 10.8. The molecule has 5 heteroatoms. The van der Waals surface area contributed by atoms with Crippen molar-refractivity contribution in [2.45, 2.75) is 25.7 Å². The summed E-state index contributed by atoms with van der Waals surface area (Å²) in [6, 6.07) is 4.59. The van der Waals surface area contributed by atoms with Crippen molar-refractivity contribution in [3.05, 3.63) is 33.9 Å². The number of nitro groups is 1. The van der Waals surface area contributed by atoms with E-state index in [0.717, 1.165) is 11.3 Å². The lowest BCUT2D eigenvalue weighted by atomic mass is 9.81. The molecule has 90 valence electrons. The molecule has 2 rings (SSSR count). The van der Waals surface area contributed by atoms with Gasteiger partial charge in [-0.25, -0.2) is 0 Å². The Balaban J connectivity index is 2.65. The molecular weight excluding hydrogens is 220 g/mol. The summed E-state index contributed by atoms with van der Waals surface area (Å²) < 4.78 is 0. The van der Waals surface area contributed by atoms with Crippen molar-refractivity contribution in [1.82, 2.24) is 0 Å². The molecule has 1 heterocycles. The number of hydrogen-bond donors (Lipinski definition) is 0. The molecule has 0 N–H and O–H groups in total. The molecule has 1 aromatic rings. The second kappa shape index (κ2) is 3.55. The van der Waals surface area contributed by atoms with Crippen LogP contribution >= 0.6 is 0 Å². The van der Waals surface area contributed by atoms with E-state index >= 15 is 0 Å². The third-order valence-corrected chi connectivity index (χ3v) is 3.63. The van der Waals surface area contributed by atoms with Crippen molar-refractivity contribution >= 4 is 17.3 Å². The Kier molecular flexibility index (Phi) is 2.41. The molecule has 1 unspecified atom stereocenters. The maximum atomic E-state index is 12.2. The van der Waals surface area contributed by atoms with Gasteiger partial charge in [0.05, 0.1) is 10.3 Å². The van der Waals surface area contributed by atoms with Crippen LogP contribution < -0.4 is 4.90 Å². The SMILES string of the molecule is CCC1(C)C(=O)N(C)c2ccc([N+](=O)[O-])cc21. The van der Waals surface area contributed by atoms with Gasteiger partial charge >= 0.3 is 0 Å². The molecule has 0 radical (unpaired) electrons. The van der Waals surface area contributed by atoms with Crippen LogP contribution in [0.2, 0.25) is 0 Å². The molecule has 0 aromatic heterocycles. The number of hydrogen-bond acceptors (Lipinski definition) is 3. The van der Waals surface area contributed by atoms with E-state index in [4.69, 9.17) is 0 Å². The minimum absolute atomic E-state index is 0.00417. The fraction of sp³-hybridized carbons (Fsp3) is 0.417. The second-order valence-corrected chi connectivity index (χ2v) is 4.51. The third-order valence-electron chi connectivity index (χ3n) is 3.63. The highest BCUT2D eigenvalue weighted by molar-refractivity contribution is 6.07. The maximum Gasteiger partial charge on any atom is 0.269 e. The van der Waals surface area contributed by atoms with Crippen LogP contribution in [0.4, 0.5) is 11.4 Å². The fourth-order valence-corrected chi connectivity index (χ4v) is 2.31. The van der Waals surface area contributed by atoms with E-state index in [1.165, 1.54) is 12.1 Å². The molecule has 1 aliphatic rings. The van der Waals surface area contributed by atoms with Crippen LogP contribution in [0.3, 0.4) is 0 Å². The van der Waals surface area contributed by atoms with Gasteiger partial charge in [0.1, 0.15) is 0 Å². The number of non-ortho nitro benzene ring substituents is 1. The summed E-state index contributed by atoms with van der Waals surface area (Å²) in [7, 11) is 1.70. The standard InChI is InChI=1S/C12H14N2O3/c1-4-12(2)9-7-8(14(16)17)5-6-10(9)13(3)11(12)15/h5-7H,4H2,1-3H3. The Morgan fingerprint density at radius 2 is 2.12 bits per heavy atom. The average molecular weight is 234 g/mol. The fourth-order valence-electron chi connectivity index (χ4n) is 2.31. The molecule has 0 saturated heterocycles. The van der Waals surface area contributed by atoms with Gasteiger partial charge < -0.3 is 4.90 Å². The first-order chi connectivity index (χ1) is 7.91. The van der Waals surface area contributed by atoms with Crippen LogP contribution in [-0.2, 0) is 10.2 Å². The molecule has 1 amide bonds. The zero-order chi connectivity index (χ0) is 12.8. The van der Waals surface area contributed by atoms with Gasteiger partial charge in [-0.05, 0) is 25.0 Å². The maximum absolute atomic E-state index is 12.2. The lowest BCUT2D eigenvalue weighted by Gasteiger charge is -2.20. The normalized spacial score (nSPS) is 22.8. The van der Waals surface area contributed by atoms with Crippen molar-refractivity contribution in [3.63, 3.8) is 0 Å². The van der Waals surface area contributed by atoms with Crippen LogP contribution in [0.15, 0.2) is 18.2 Å². The molecule has 0 saturated carbocycles. The number of nitro benzene ring substituents is 1. The molecule has 5 nitrogen and oxygen atoms in total. The highest BCUT2D eigenvalue weighted by Gasteiger charge is 2.45. The molecule has 1 atom stereocenters. The minimum Gasteiger partial charge on any atom is -0.314 e. The molecule has 0 fully saturated rings. The summed E-state index contributed by atoms with van der Waals surface area (Å²) in [5.74, 6) is -0.00417. The first-order valence-electron chi connectivity index (χ1n) is 5.49. The van der Waals surface area contributed by atoms with Gasteiger partial charge in [-0.3, -0.25) is 14.9 Å². The Morgan fingerprint density at radius 1 is 1.47 bits per heavy atom. The van der Waals surface area contributed by atoms with Gasteiger partial charge in [0, 0.05) is 24.9 Å². The van der Waals surface area contributed by atoms with Crippen molar-refractivity contribution in [1.29, 1.82) is 0 Å². The number of anilines is 1. The summed E-state index contributed by atoms with van der Waals surface area (Å²) in [4.78, 5) is 24.1. The predicted molar refractivity (Wildman–Crippen MR) is 64.1 cm³/mol. The van der Waals surface area contributed by atoms with Crippen LogP contribution in [0.25, 0.3) is 0 Å². The molecule has 17 heavy (non-hydrogen) atoms. The Labute approximate surface area is 99.2 Å². The average Bonchev–Trinajstić information content (AvgIpc) is 2.52. The Bertz CT molecular complexity index is 512. The number of rotatable bonds is 2. The summed E-state index contributed by atoms with van der Waals surface area (Å²) in [6.45, 7) is 3.75. The summed E-state index contributed by atoms with van der Waals surface area (Å²) in [6.07, 6.45) is 0.629. The lowest BCUT2D eigenvalue weighted by Crippen LogP contribution is -2.35. The number of likely N-dealkylation sites (N-methyl/N-ethyl adjacent to an activating group) is 1. The van der Waals surface area contributed by atoms with Crippen molar-refractivity contribution in [2.24, 2.45) is 0 Å². The summed E-state index contributed by atoms with van der Waals surface area (Å²) in [5.41, 5.74) is 0.911. The quantitative estimate of drug-likeness (QED) is 0.582. The molecule has 1 aromatic carbocycles. The highest BCUT2D eigenvalue weighted by atomic mass is 16.6. The number of carbonyl (C=O) groups excluding carboxylic acids is 1. The highest BCUT2D eigenvalue weighted by Crippen LogP contribution is 2.44. The van der Waals surface area contributed by atoms with E-state index in [1.807, 2.05) is 13.8 Å². The molecular formula is C12H14N2O3. The van der Waals surface area contributed by atoms with E-state index in [2.05, 4.69) is 0 Å². The van der Waals surface area contributed by atoms with E-state index in [9.17, 15) is 14.9 Å². The van der Waals surface area contributed by atoms with E-state index in [1.54, 1.807) is 18.0 Å². The molecule has 0 spiro atoms. The third kappa shape index (κ3) is 1.42. The largest absolute Gasteiger partial charge is 0.314 e. The Hall–Kier alpha value is -1.91. The minimum atomic E-state index is -0.643. The lowest BCUT2D eigenvalue weighted by molar-refractivity contribution is -0.384. The van der Waals surface area contributed by atoms with Gasteiger partial charge in [0.2, 0.25) is 5.91 Å². The number of nitrogens with zero attached hydrogens (tertiary/aromatic N) is 2. The monoisotopic (exact) mass is 234 g/mol. The van der Waals surface area contributed by atoms with Gasteiger partial charge in [-0.2, -0.15) is 0 Å². The number of benzene rings is 1. The van der Waals surface area contributed by atoms with E-state index in [0.29, 0.717) is 6.42 Å². The van der Waals surface area contributed by atoms with Crippen molar-refractivity contribution < 1.29 is 9.72 Å². The van der Waals surface area contributed by atoms with Crippen molar-refractivity contribution in [3.8, 4) is 0 Å². The zero-order valence-electron chi connectivity index (χ0n) is 10.1. The topological polar surface area (TPSA) is 63.5 Å². The number of carbonyl (C=O) groups is 1. The van der Waals surface area contributed by atoms with E-state index in [-0.39, 0.29) is 11.6 Å². The molecule has 0 bridgehead atoms. The first-order valence-corrected chi connectivity index (χ1v) is 5.49. The summed E-state index contributed by atoms with van der Waals surface area (Å²) >= 11 is 0. The smallest absolute Gasteiger partial charge is 0.269 e. The van der Waals surface area contributed by atoms with Crippen LogP contribution in [0.1, 0.15) is 25.8 Å². The first kappa shape index (κ1) is 11.6. The molecule has 0 aliphatic carbocycles. The predicted octanol–water partition coefficient (Wildman–Crippen LogP) is 2.24. The zero-order valence-corrected chi connectivity index (χ0v) is 10.1. The number of fused-ring (bicyclic) bond motifs is 1. The van der Waals surface area contributed by atoms with Crippen LogP contribution in [0, 0.1) is 10.1 Å². The Morgan fingerprint density at radius 3 is 2.65 bits per heavy atom. The van der Waals surface area contributed by atoms with Gasteiger partial charge in [-0.15, -0.1) is 0 Å². The van der Waals surface area contributed by atoms with E-state index < -0.39 is 10.3 Å².